The SMILES string of the molecule is CCCCCCCCCCCC.c1ccc2c(c1)Cc1ccccc1-2. The molecule has 0 radical (unpaired) electrons. The van der Waals surface area contributed by atoms with Crippen molar-refractivity contribution in [3.8, 4) is 11.1 Å². The first-order valence-electron chi connectivity index (χ1n) is 10.5. The minimum Gasteiger partial charge on any atom is -0.0654 e. The van der Waals surface area contributed by atoms with Crippen LogP contribution in [0.2, 0.25) is 0 Å². The van der Waals surface area contributed by atoms with Crippen molar-refractivity contribution in [2.24, 2.45) is 0 Å². The third-order valence-electron chi connectivity index (χ3n) is 5.16. The largest absolute Gasteiger partial charge is 0.0654 e. The highest BCUT2D eigenvalue weighted by Gasteiger charge is 2.15. The number of unbranched alkanes of at least 4 members (excludes halogenated alkanes) is 9. The average Bonchev–Trinajstić information content (AvgIpc) is 3.03. The summed E-state index contributed by atoms with van der Waals surface area (Å²) < 4.78 is 0. The van der Waals surface area contributed by atoms with Crippen LogP contribution >= 0.6 is 0 Å². The lowest BCUT2D eigenvalue weighted by molar-refractivity contribution is 0.562. The van der Waals surface area contributed by atoms with Crippen molar-refractivity contribution >= 4 is 0 Å². The van der Waals surface area contributed by atoms with Crippen LogP contribution in [-0.4, -0.2) is 0 Å². The molecule has 0 spiro atoms. The van der Waals surface area contributed by atoms with Crippen LogP contribution in [0.3, 0.4) is 0 Å². The van der Waals surface area contributed by atoms with Gasteiger partial charge in [-0.05, 0) is 28.7 Å². The van der Waals surface area contributed by atoms with Crippen LogP contribution in [0, 0.1) is 0 Å². The average molecular weight is 337 g/mol. The van der Waals surface area contributed by atoms with Gasteiger partial charge in [0.2, 0.25) is 0 Å². The van der Waals surface area contributed by atoms with Gasteiger partial charge in [-0.2, -0.15) is 0 Å². The molecular formula is C25H36. The lowest BCUT2D eigenvalue weighted by atomic mass is 10.1. The zero-order chi connectivity index (χ0) is 17.7. The highest BCUT2D eigenvalue weighted by molar-refractivity contribution is 5.76. The molecule has 0 unspecified atom stereocenters. The summed E-state index contributed by atoms with van der Waals surface area (Å²) in [5.74, 6) is 0. The van der Waals surface area contributed by atoms with Gasteiger partial charge < -0.3 is 0 Å². The van der Waals surface area contributed by atoms with Gasteiger partial charge >= 0.3 is 0 Å². The van der Waals surface area contributed by atoms with Crippen LogP contribution in [0.4, 0.5) is 0 Å². The summed E-state index contributed by atoms with van der Waals surface area (Å²) in [5.41, 5.74) is 5.75. The molecule has 0 saturated carbocycles. The Bertz CT molecular complexity index is 543. The van der Waals surface area contributed by atoms with Crippen molar-refractivity contribution in [2.45, 2.75) is 84.5 Å². The summed E-state index contributed by atoms with van der Waals surface area (Å²) in [6, 6.07) is 17.3. The van der Waals surface area contributed by atoms with E-state index in [4.69, 9.17) is 0 Å². The summed E-state index contributed by atoms with van der Waals surface area (Å²) in [5, 5.41) is 0. The van der Waals surface area contributed by atoms with Gasteiger partial charge in [-0.3, -0.25) is 0 Å². The Morgan fingerprint density at radius 2 is 0.880 bits per heavy atom. The second-order valence-corrected chi connectivity index (χ2v) is 7.32. The number of benzene rings is 2. The number of fused-ring (bicyclic) bond motifs is 3. The molecule has 2 aromatic carbocycles. The van der Waals surface area contributed by atoms with E-state index < -0.39 is 0 Å². The molecule has 0 heterocycles. The number of hydrogen-bond acceptors (Lipinski definition) is 0. The fourth-order valence-electron chi connectivity index (χ4n) is 3.64. The summed E-state index contributed by atoms with van der Waals surface area (Å²) >= 11 is 0. The molecule has 0 bridgehead atoms. The van der Waals surface area contributed by atoms with Crippen LogP contribution in [0.25, 0.3) is 11.1 Å². The standard InChI is InChI=1S/C13H10.C12H26/c1-3-7-12-10(5-1)9-11-6-2-4-8-13(11)12;1-3-5-7-9-11-12-10-8-6-4-2/h1-8H,9H2;3-12H2,1-2H3. The molecule has 0 aromatic heterocycles. The van der Waals surface area contributed by atoms with Gasteiger partial charge in [-0.25, -0.2) is 0 Å². The van der Waals surface area contributed by atoms with Crippen molar-refractivity contribution in [3.05, 3.63) is 59.7 Å². The highest BCUT2D eigenvalue weighted by Crippen LogP contribution is 2.35. The normalized spacial score (nSPS) is 11.4. The molecule has 0 fully saturated rings. The van der Waals surface area contributed by atoms with E-state index in [2.05, 4.69) is 62.4 Å². The molecule has 0 heteroatoms. The Hall–Kier alpha value is -1.56. The smallest absolute Gasteiger partial charge is 0.00135 e. The lowest BCUT2D eigenvalue weighted by Gasteiger charge is -1.99. The minimum atomic E-state index is 1.10. The van der Waals surface area contributed by atoms with E-state index in [1.807, 2.05) is 0 Å². The molecule has 0 aliphatic heterocycles. The second-order valence-electron chi connectivity index (χ2n) is 7.32. The van der Waals surface area contributed by atoms with E-state index >= 15 is 0 Å². The molecule has 0 atom stereocenters. The third-order valence-corrected chi connectivity index (χ3v) is 5.16. The Kier molecular flexibility index (Phi) is 9.41. The van der Waals surface area contributed by atoms with E-state index in [9.17, 15) is 0 Å². The van der Waals surface area contributed by atoms with E-state index in [-0.39, 0.29) is 0 Å². The monoisotopic (exact) mass is 336 g/mol. The maximum Gasteiger partial charge on any atom is -0.00135 e. The molecule has 0 amide bonds. The molecule has 0 N–H and O–H groups in total. The predicted octanol–water partition coefficient (Wildman–Crippen LogP) is 8.19. The van der Waals surface area contributed by atoms with Crippen molar-refractivity contribution in [1.29, 1.82) is 0 Å². The molecule has 0 saturated heterocycles. The fourth-order valence-corrected chi connectivity index (χ4v) is 3.64. The van der Waals surface area contributed by atoms with Gasteiger partial charge in [-0.1, -0.05) is 127 Å². The minimum absolute atomic E-state index is 1.10. The third kappa shape index (κ3) is 6.69. The molecule has 1 aliphatic carbocycles. The highest BCUT2D eigenvalue weighted by atomic mass is 14.2. The summed E-state index contributed by atoms with van der Waals surface area (Å²) in [7, 11) is 0. The molecule has 136 valence electrons. The molecule has 3 rings (SSSR count). The van der Waals surface area contributed by atoms with Gasteiger partial charge in [0.1, 0.15) is 0 Å². The van der Waals surface area contributed by atoms with Crippen molar-refractivity contribution in [3.63, 3.8) is 0 Å². The van der Waals surface area contributed by atoms with Gasteiger partial charge in [-0.15, -0.1) is 0 Å². The van der Waals surface area contributed by atoms with Crippen molar-refractivity contribution < 1.29 is 0 Å². The second kappa shape index (κ2) is 11.9. The molecule has 0 nitrogen and oxygen atoms in total. The first kappa shape index (κ1) is 19.8. The topological polar surface area (TPSA) is 0 Å². The summed E-state index contributed by atoms with van der Waals surface area (Å²) in [6.45, 7) is 4.56. The molecule has 25 heavy (non-hydrogen) atoms. The Morgan fingerprint density at radius 3 is 1.28 bits per heavy atom. The fraction of sp³-hybridized carbons (Fsp3) is 0.520. The van der Waals surface area contributed by atoms with Gasteiger partial charge in [0.05, 0.1) is 0 Å². The first-order chi connectivity index (χ1) is 12.4. The Morgan fingerprint density at radius 1 is 0.520 bits per heavy atom. The number of hydrogen-bond donors (Lipinski definition) is 0. The maximum atomic E-state index is 2.28. The summed E-state index contributed by atoms with van der Waals surface area (Å²) in [4.78, 5) is 0. The van der Waals surface area contributed by atoms with Crippen molar-refractivity contribution in [1.82, 2.24) is 0 Å². The van der Waals surface area contributed by atoms with Crippen LogP contribution in [0.15, 0.2) is 48.5 Å². The number of rotatable bonds is 9. The predicted molar refractivity (Wildman–Crippen MR) is 112 cm³/mol. The van der Waals surface area contributed by atoms with Crippen LogP contribution in [-0.2, 0) is 6.42 Å². The van der Waals surface area contributed by atoms with Crippen LogP contribution in [0.1, 0.15) is 89.2 Å². The van der Waals surface area contributed by atoms with Gasteiger partial charge in [0.15, 0.2) is 0 Å². The maximum absolute atomic E-state index is 2.28. The molecule has 2 aromatic rings. The summed E-state index contributed by atoms with van der Waals surface area (Å²) in [6.07, 6.45) is 15.5. The van der Waals surface area contributed by atoms with E-state index in [0.717, 1.165) is 6.42 Å². The van der Waals surface area contributed by atoms with Gasteiger partial charge in [0.25, 0.3) is 0 Å². The molecular weight excluding hydrogens is 300 g/mol. The van der Waals surface area contributed by atoms with Crippen molar-refractivity contribution in [2.75, 3.05) is 0 Å². The van der Waals surface area contributed by atoms with E-state index in [0.29, 0.717) is 0 Å². The lowest BCUT2D eigenvalue weighted by Crippen LogP contribution is -1.80. The quantitative estimate of drug-likeness (QED) is 0.345. The van der Waals surface area contributed by atoms with Crippen LogP contribution in [0.5, 0.6) is 0 Å². The Labute approximate surface area is 155 Å². The molecule has 1 aliphatic rings. The van der Waals surface area contributed by atoms with Crippen LogP contribution < -0.4 is 0 Å². The first-order valence-corrected chi connectivity index (χ1v) is 10.5. The zero-order valence-electron chi connectivity index (χ0n) is 16.4. The Balaban J connectivity index is 0.000000182. The zero-order valence-corrected chi connectivity index (χ0v) is 16.4. The van der Waals surface area contributed by atoms with E-state index in [1.165, 1.54) is 86.5 Å². The van der Waals surface area contributed by atoms with Gasteiger partial charge in [0, 0.05) is 0 Å². The van der Waals surface area contributed by atoms with E-state index in [1.54, 1.807) is 0 Å².